The van der Waals surface area contributed by atoms with E-state index in [0.717, 1.165) is 34.0 Å². The molecular weight excluding hydrogens is 413 g/mol. The fraction of sp³-hybridized carbons (Fsp3) is 0.273. The molecule has 0 spiro atoms. The van der Waals surface area contributed by atoms with Crippen molar-refractivity contribution in [3.8, 4) is 16.3 Å². The van der Waals surface area contributed by atoms with Gasteiger partial charge in [-0.3, -0.25) is 4.79 Å². The lowest BCUT2D eigenvalue weighted by Crippen LogP contribution is -2.27. The van der Waals surface area contributed by atoms with E-state index in [2.05, 4.69) is 10.3 Å². The highest BCUT2D eigenvalue weighted by Crippen LogP contribution is 2.32. The number of nitrogens with zero attached hydrogens (tertiary/aromatic N) is 1. The van der Waals surface area contributed by atoms with Crippen molar-refractivity contribution in [2.75, 3.05) is 13.2 Å². The summed E-state index contributed by atoms with van der Waals surface area (Å²) < 4.78 is 43.4. The fourth-order valence-corrected chi connectivity index (χ4v) is 3.72. The molecule has 1 amide bonds. The number of amides is 1. The van der Waals surface area contributed by atoms with Crippen LogP contribution < -0.4 is 10.1 Å². The summed E-state index contributed by atoms with van der Waals surface area (Å²) in [5.41, 5.74) is 1.60. The van der Waals surface area contributed by atoms with E-state index in [1.165, 1.54) is 23.5 Å². The lowest BCUT2D eigenvalue weighted by Gasteiger charge is -2.08. The number of hydrogen-bond acceptors (Lipinski definition) is 4. The van der Waals surface area contributed by atoms with Gasteiger partial charge in [0.1, 0.15) is 10.8 Å². The fourth-order valence-electron chi connectivity index (χ4n) is 2.87. The second-order valence-corrected chi connectivity index (χ2v) is 7.40. The van der Waals surface area contributed by atoms with Gasteiger partial charge in [0.05, 0.1) is 29.8 Å². The second kappa shape index (κ2) is 9.75. The van der Waals surface area contributed by atoms with Crippen molar-refractivity contribution < 1.29 is 22.7 Å². The van der Waals surface area contributed by atoms with E-state index >= 15 is 0 Å². The van der Waals surface area contributed by atoms with Gasteiger partial charge in [-0.25, -0.2) is 4.98 Å². The van der Waals surface area contributed by atoms with Gasteiger partial charge in [-0.1, -0.05) is 24.3 Å². The molecule has 0 aliphatic carbocycles. The predicted octanol–water partition coefficient (Wildman–Crippen LogP) is 5.13. The smallest absolute Gasteiger partial charge is 0.416 e. The molecule has 1 heterocycles. The van der Waals surface area contributed by atoms with Gasteiger partial charge in [0.25, 0.3) is 0 Å². The standard InChI is InChI=1S/C22H21F3N2O2S/c1-2-29-19-6-4-3-5-18(19)21-27-17(14-30-21)13-20(28)26-12-11-15-7-9-16(10-8-15)22(23,24)25/h3-10,14H,2,11-13H2,1H3,(H,26,28). The third-order valence-electron chi connectivity index (χ3n) is 4.33. The number of alkyl halides is 3. The predicted molar refractivity (Wildman–Crippen MR) is 111 cm³/mol. The van der Waals surface area contributed by atoms with E-state index in [1.807, 2.05) is 36.6 Å². The van der Waals surface area contributed by atoms with E-state index in [0.29, 0.717) is 25.3 Å². The van der Waals surface area contributed by atoms with Crippen molar-refractivity contribution in [2.45, 2.75) is 25.9 Å². The Kier molecular flexibility index (Phi) is 7.10. The molecule has 0 radical (unpaired) electrons. The van der Waals surface area contributed by atoms with Gasteiger partial charge in [-0.2, -0.15) is 13.2 Å². The van der Waals surface area contributed by atoms with Crippen LogP contribution in [0.4, 0.5) is 13.2 Å². The molecule has 1 N–H and O–H groups in total. The van der Waals surface area contributed by atoms with Crippen LogP contribution in [0, 0.1) is 0 Å². The molecule has 0 aliphatic heterocycles. The molecule has 1 aromatic heterocycles. The van der Waals surface area contributed by atoms with Crippen LogP contribution in [0.3, 0.4) is 0 Å². The van der Waals surface area contributed by atoms with Gasteiger partial charge in [-0.05, 0) is 43.2 Å². The van der Waals surface area contributed by atoms with Crippen molar-refractivity contribution in [2.24, 2.45) is 0 Å². The van der Waals surface area contributed by atoms with Crippen LogP contribution in [0.25, 0.3) is 10.6 Å². The summed E-state index contributed by atoms with van der Waals surface area (Å²) in [4.78, 5) is 16.7. The summed E-state index contributed by atoms with van der Waals surface area (Å²) in [5, 5.41) is 5.41. The average Bonchev–Trinajstić information content (AvgIpc) is 3.16. The van der Waals surface area contributed by atoms with Crippen molar-refractivity contribution in [3.05, 3.63) is 70.7 Å². The van der Waals surface area contributed by atoms with Gasteiger partial charge in [-0.15, -0.1) is 11.3 Å². The second-order valence-electron chi connectivity index (χ2n) is 6.54. The Morgan fingerprint density at radius 2 is 1.87 bits per heavy atom. The Morgan fingerprint density at radius 3 is 2.57 bits per heavy atom. The molecule has 0 atom stereocenters. The van der Waals surface area contributed by atoms with Crippen LogP contribution >= 0.6 is 11.3 Å². The first kappa shape index (κ1) is 21.8. The first-order chi connectivity index (χ1) is 14.4. The number of aromatic nitrogens is 1. The van der Waals surface area contributed by atoms with Crippen LogP contribution in [0.15, 0.2) is 53.9 Å². The number of ether oxygens (including phenoxy) is 1. The van der Waals surface area contributed by atoms with Crippen LogP contribution in [-0.4, -0.2) is 24.0 Å². The highest BCUT2D eigenvalue weighted by atomic mass is 32.1. The molecular formula is C22H21F3N2O2S. The number of halogens is 3. The molecule has 0 saturated heterocycles. The number of thiazole rings is 1. The van der Waals surface area contributed by atoms with Gasteiger partial charge in [0, 0.05) is 11.9 Å². The average molecular weight is 434 g/mol. The Labute approximate surface area is 176 Å². The van der Waals surface area contributed by atoms with E-state index in [-0.39, 0.29) is 12.3 Å². The zero-order valence-electron chi connectivity index (χ0n) is 16.3. The first-order valence-electron chi connectivity index (χ1n) is 9.46. The van der Waals surface area contributed by atoms with Crippen LogP contribution in [-0.2, 0) is 23.8 Å². The van der Waals surface area contributed by atoms with Crippen LogP contribution in [0.2, 0.25) is 0 Å². The minimum atomic E-state index is -4.34. The van der Waals surface area contributed by atoms with Crippen LogP contribution in [0.5, 0.6) is 5.75 Å². The van der Waals surface area contributed by atoms with E-state index < -0.39 is 11.7 Å². The topological polar surface area (TPSA) is 51.2 Å². The number of nitrogens with one attached hydrogen (secondary N) is 1. The lowest BCUT2D eigenvalue weighted by molar-refractivity contribution is -0.137. The van der Waals surface area contributed by atoms with Gasteiger partial charge in [0.2, 0.25) is 5.91 Å². The number of hydrogen-bond donors (Lipinski definition) is 1. The summed E-state index contributed by atoms with van der Waals surface area (Å²) >= 11 is 1.45. The van der Waals surface area contributed by atoms with Crippen molar-refractivity contribution in [1.29, 1.82) is 0 Å². The summed E-state index contributed by atoms with van der Waals surface area (Å²) in [6.45, 7) is 2.81. The first-order valence-corrected chi connectivity index (χ1v) is 10.3. The van der Waals surface area contributed by atoms with Crippen molar-refractivity contribution >= 4 is 17.2 Å². The number of rotatable bonds is 8. The Balaban J connectivity index is 1.51. The third-order valence-corrected chi connectivity index (χ3v) is 5.25. The zero-order chi connectivity index (χ0) is 21.6. The Bertz CT molecular complexity index is 985. The molecule has 0 fully saturated rings. The quantitative estimate of drug-likeness (QED) is 0.535. The highest BCUT2D eigenvalue weighted by molar-refractivity contribution is 7.13. The molecule has 4 nitrogen and oxygen atoms in total. The third kappa shape index (κ3) is 5.82. The van der Waals surface area contributed by atoms with E-state index in [4.69, 9.17) is 4.74 Å². The summed E-state index contributed by atoms with van der Waals surface area (Å²) in [6, 6.07) is 12.6. The van der Waals surface area contributed by atoms with Gasteiger partial charge in [0.15, 0.2) is 0 Å². The molecule has 0 saturated carbocycles. The zero-order valence-corrected chi connectivity index (χ0v) is 17.1. The molecule has 158 valence electrons. The monoisotopic (exact) mass is 434 g/mol. The van der Waals surface area contributed by atoms with E-state index in [1.54, 1.807) is 0 Å². The SMILES string of the molecule is CCOc1ccccc1-c1nc(CC(=O)NCCc2ccc(C(F)(F)F)cc2)cs1. The number of benzene rings is 2. The number of para-hydroxylation sites is 1. The van der Waals surface area contributed by atoms with Crippen molar-refractivity contribution in [1.82, 2.24) is 10.3 Å². The maximum atomic E-state index is 12.6. The molecule has 3 aromatic rings. The summed E-state index contributed by atoms with van der Waals surface area (Å²) in [5.74, 6) is 0.568. The minimum Gasteiger partial charge on any atom is -0.493 e. The van der Waals surface area contributed by atoms with E-state index in [9.17, 15) is 18.0 Å². The maximum absolute atomic E-state index is 12.6. The molecule has 30 heavy (non-hydrogen) atoms. The summed E-state index contributed by atoms with van der Waals surface area (Å²) in [6.07, 6.45) is -3.75. The normalized spacial score (nSPS) is 11.3. The Hall–Kier alpha value is -2.87. The number of carbonyl (C=O) groups excluding carboxylic acids is 1. The lowest BCUT2D eigenvalue weighted by atomic mass is 10.1. The molecule has 0 aliphatic rings. The largest absolute Gasteiger partial charge is 0.493 e. The number of carbonyl (C=O) groups is 1. The molecule has 2 aromatic carbocycles. The molecule has 0 bridgehead atoms. The minimum absolute atomic E-state index is 0.139. The van der Waals surface area contributed by atoms with Crippen molar-refractivity contribution in [3.63, 3.8) is 0 Å². The molecule has 3 rings (SSSR count). The highest BCUT2D eigenvalue weighted by Gasteiger charge is 2.29. The van der Waals surface area contributed by atoms with Gasteiger partial charge >= 0.3 is 6.18 Å². The Morgan fingerprint density at radius 1 is 1.13 bits per heavy atom. The molecule has 0 unspecified atom stereocenters. The van der Waals surface area contributed by atoms with Crippen LogP contribution in [0.1, 0.15) is 23.7 Å². The summed E-state index contributed by atoms with van der Waals surface area (Å²) in [7, 11) is 0. The maximum Gasteiger partial charge on any atom is 0.416 e. The van der Waals surface area contributed by atoms with Gasteiger partial charge < -0.3 is 10.1 Å². The molecule has 8 heteroatoms.